The highest BCUT2D eigenvalue weighted by Gasteiger charge is 2.16. The summed E-state index contributed by atoms with van der Waals surface area (Å²) in [5.74, 6) is -1.62. The normalized spacial score (nSPS) is 13.0. The molecular formula is C14H9ClF2S2. The van der Waals surface area contributed by atoms with E-state index in [1.54, 1.807) is 28.7 Å². The molecule has 0 amide bonds. The molecule has 0 spiro atoms. The maximum absolute atomic E-state index is 13.6. The summed E-state index contributed by atoms with van der Waals surface area (Å²) < 4.78 is 29.1. The smallest absolute Gasteiger partial charge is 0.162 e. The number of benzene rings is 1. The van der Waals surface area contributed by atoms with Gasteiger partial charge in [0.2, 0.25) is 0 Å². The number of rotatable bonds is 3. The van der Waals surface area contributed by atoms with Gasteiger partial charge in [-0.15, -0.1) is 34.3 Å². The highest BCUT2D eigenvalue weighted by atomic mass is 35.5. The third kappa shape index (κ3) is 2.53. The van der Waals surface area contributed by atoms with Crippen LogP contribution in [0.4, 0.5) is 8.78 Å². The number of halogens is 3. The molecule has 5 heteroatoms. The number of fused-ring (bicyclic) bond motifs is 1. The van der Waals surface area contributed by atoms with E-state index in [4.69, 9.17) is 11.6 Å². The van der Waals surface area contributed by atoms with Crippen molar-refractivity contribution in [2.45, 2.75) is 11.8 Å². The molecule has 0 aliphatic carbocycles. The van der Waals surface area contributed by atoms with E-state index in [0.717, 1.165) is 10.9 Å². The van der Waals surface area contributed by atoms with Gasteiger partial charge in [-0.05, 0) is 35.6 Å². The molecule has 98 valence electrons. The van der Waals surface area contributed by atoms with Crippen molar-refractivity contribution in [3.63, 3.8) is 0 Å². The van der Waals surface area contributed by atoms with Gasteiger partial charge in [0.25, 0.3) is 0 Å². The Hall–Kier alpha value is -0.970. The lowest BCUT2D eigenvalue weighted by Crippen LogP contribution is -1.98. The van der Waals surface area contributed by atoms with Crippen molar-refractivity contribution >= 4 is 43.7 Å². The Morgan fingerprint density at radius 3 is 2.79 bits per heavy atom. The van der Waals surface area contributed by atoms with Gasteiger partial charge in [0.05, 0.1) is 5.38 Å². The number of hydrogen-bond donors (Lipinski definition) is 0. The molecule has 1 aromatic carbocycles. The average molecular weight is 315 g/mol. The fraction of sp³-hybridized carbons (Fsp3) is 0.143. The van der Waals surface area contributed by atoms with Crippen LogP contribution in [-0.4, -0.2) is 0 Å². The van der Waals surface area contributed by atoms with Crippen molar-refractivity contribution in [2.24, 2.45) is 0 Å². The Balaban J connectivity index is 1.86. The Bertz CT molecular complexity index is 689. The molecule has 2 heterocycles. The van der Waals surface area contributed by atoms with Crippen LogP contribution in [0.1, 0.15) is 15.8 Å². The summed E-state index contributed by atoms with van der Waals surface area (Å²) in [6.07, 6.45) is 0.291. The lowest BCUT2D eigenvalue weighted by Gasteiger charge is -2.08. The third-order valence-electron chi connectivity index (χ3n) is 2.90. The molecule has 0 radical (unpaired) electrons. The molecule has 0 saturated heterocycles. The van der Waals surface area contributed by atoms with Crippen LogP contribution in [0, 0.1) is 11.6 Å². The van der Waals surface area contributed by atoms with Gasteiger partial charge in [-0.2, -0.15) is 0 Å². The van der Waals surface area contributed by atoms with Gasteiger partial charge in [-0.25, -0.2) is 8.78 Å². The molecule has 0 aliphatic rings. The minimum absolute atomic E-state index is 0.291. The quantitative estimate of drug-likeness (QED) is 0.539. The van der Waals surface area contributed by atoms with Gasteiger partial charge in [-0.3, -0.25) is 0 Å². The van der Waals surface area contributed by atoms with Crippen LogP contribution in [0.3, 0.4) is 0 Å². The summed E-state index contributed by atoms with van der Waals surface area (Å²) in [5.41, 5.74) is 0.316. The molecule has 0 bridgehead atoms. The maximum Gasteiger partial charge on any atom is 0.162 e. The SMILES string of the molecule is Fc1cccc(CC(Cl)c2cc3sccc3s2)c1F. The summed E-state index contributed by atoms with van der Waals surface area (Å²) in [6.45, 7) is 0. The zero-order chi connectivity index (χ0) is 13.4. The van der Waals surface area contributed by atoms with Crippen molar-refractivity contribution in [1.82, 2.24) is 0 Å². The van der Waals surface area contributed by atoms with Gasteiger partial charge in [0.15, 0.2) is 11.6 Å². The first kappa shape index (κ1) is 13.0. The van der Waals surface area contributed by atoms with E-state index < -0.39 is 11.6 Å². The van der Waals surface area contributed by atoms with E-state index in [0.29, 0.717) is 12.0 Å². The first-order valence-electron chi connectivity index (χ1n) is 5.69. The van der Waals surface area contributed by atoms with Crippen molar-refractivity contribution in [3.8, 4) is 0 Å². The second kappa shape index (κ2) is 5.19. The van der Waals surface area contributed by atoms with E-state index in [1.165, 1.54) is 15.5 Å². The number of thiophene rings is 2. The van der Waals surface area contributed by atoms with Crippen LogP contribution in [0.25, 0.3) is 9.40 Å². The highest BCUT2D eigenvalue weighted by molar-refractivity contribution is 7.27. The molecule has 19 heavy (non-hydrogen) atoms. The summed E-state index contributed by atoms with van der Waals surface area (Å²) in [5, 5.41) is 1.70. The van der Waals surface area contributed by atoms with Gasteiger partial charge in [0.1, 0.15) is 0 Å². The largest absolute Gasteiger partial charge is 0.204 e. The number of hydrogen-bond acceptors (Lipinski definition) is 2. The molecule has 0 aliphatic heterocycles. The zero-order valence-electron chi connectivity index (χ0n) is 9.70. The third-order valence-corrected chi connectivity index (χ3v) is 5.62. The molecule has 0 fully saturated rings. The zero-order valence-corrected chi connectivity index (χ0v) is 12.1. The Morgan fingerprint density at radius 2 is 2.00 bits per heavy atom. The van der Waals surface area contributed by atoms with Crippen LogP contribution >= 0.6 is 34.3 Å². The van der Waals surface area contributed by atoms with Gasteiger partial charge >= 0.3 is 0 Å². The first-order valence-corrected chi connectivity index (χ1v) is 7.82. The lowest BCUT2D eigenvalue weighted by atomic mass is 10.1. The fourth-order valence-corrected chi connectivity index (χ4v) is 4.40. The van der Waals surface area contributed by atoms with Crippen molar-refractivity contribution in [2.75, 3.05) is 0 Å². The Kier molecular flexibility index (Phi) is 3.56. The van der Waals surface area contributed by atoms with Crippen molar-refractivity contribution in [3.05, 3.63) is 57.8 Å². The van der Waals surface area contributed by atoms with Crippen LogP contribution < -0.4 is 0 Å². The number of alkyl halides is 1. The minimum Gasteiger partial charge on any atom is -0.204 e. The maximum atomic E-state index is 13.6. The van der Waals surface area contributed by atoms with E-state index in [2.05, 4.69) is 0 Å². The summed E-state index contributed by atoms with van der Waals surface area (Å²) in [4.78, 5) is 0.993. The van der Waals surface area contributed by atoms with Crippen LogP contribution in [0.2, 0.25) is 0 Å². The van der Waals surface area contributed by atoms with Crippen LogP contribution in [0.5, 0.6) is 0 Å². The molecule has 0 N–H and O–H groups in total. The predicted molar refractivity (Wildman–Crippen MR) is 78.4 cm³/mol. The van der Waals surface area contributed by atoms with Gasteiger partial charge in [0, 0.05) is 14.3 Å². The summed E-state index contributed by atoms with van der Waals surface area (Å²) in [6, 6.07) is 8.26. The predicted octanol–water partition coefficient (Wildman–Crippen LogP) is 5.76. The van der Waals surface area contributed by atoms with Crippen LogP contribution in [-0.2, 0) is 6.42 Å². The molecule has 1 atom stereocenters. The molecule has 3 aromatic rings. The Morgan fingerprint density at radius 1 is 1.16 bits per heavy atom. The Labute approximate surface area is 122 Å². The summed E-state index contributed by atoms with van der Waals surface area (Å²) in [7, 11) is 0. The summed E-state index contributed by atoms with van der Waals surface area (Å²) >= 11 is 9.58. The van der Waals surface area contributed by atoms with E-state index in [1.807, 2.05) is 17.5 Å². The second-order valence-corrected chi connectivity index (χ2v) is 6.77. The average Bonchev–Trinajstić information content (AvgIpc) is 2.95. The highest BCUT2D eigenvalue weighted by Crippen LogP contribution is 2.37. The molecule has 1 unspecified atom stereocenters. The van der Waals surface area contributed by atoms with Crippen molar-refractivity contribution < 1.29 is 8.78 Å². The van der Waals surface area contributed by atoms with E-state index in [-0.39, 0.29) is 5.38 Å². The first-order chi connectivity index (χ1) is 9.15. The topological polar surface area (TPSA) is 0 Å². The monoisotopic (exact) mass is 314 g/mol. The van der Waals surface area contributed by atoms with E-state index >= 15 is 0 Å². The molecule has 0 nitrogen and oxygen atoms in total. The van der Waals surface area contributed by atoms with Crippen molar-refractivity contribution in [1.29, 1.82) is 0 Å². The van der Waals surface area contributed by atoms with E-state index in [9.17, 15) is 8.78 Å². The molecule has 3 rings (SSSR count). The standard InChI is InChI=1S/C14H9ClF2S2/c15-9(6-8-2-1-3-10(16)14(8)17)12-7-13-11(19-12)4-5-18-13/h1-5,7,9H,6H2. The lowest BCUT2D eigenvalue weighted by molar-refractivity contribution is 0.498. The second-order valence-electron chi connectivity index (χ2n) is 4.18. The van der Waals surface area contributed by atoms with Gasteiger partial charge in [-0.1, -0.05) is 12.1 Å². The molecule has 0 saturated carbocycles. The molecule has 2 aromatic heterocycles. The van der Waals surface area contributed by atoms with Crippen LogP contribution in [0.15, 0.2) is 35.7 Å². The fourth-order valence-electron chi connectivity index (χ4n) is 1.94. The van der Waals surface area contributed by atoms with Gasteiger partial charge < -0.3 is 0 Å². The minimum atomic E-state index is -0.825. The molecular weight excluding hydrogens is 306 g/mol.